The molecule has 0 atom stereocenters. The number of rotatable bonds is 8. The standard InChI is InChI=1S/C38H39N9O4/c1-25-18-26(21-44(2)20-25)22-46-31(23-47-37-34(36(39)40-24-41-37)35(43-47)28-10-6-11-29(48)19-28)42-30-12-7-9-27(33(30)38(46)50)8-4-3-5-13-32(49)45-14-16-51-17-15-45/h6-7,9-12,18-19,21,24,48H,3,5,13-17,20,22-23H2,1-2H3,(H2,39,40,41). The number of nitrogens with zero attached hydrogens (tertiary/aromatic N) is 8. The van der Waals surface area contributed by atoms with Crippen LogP contribution in [0.1, 0.15) is 37.6 Å². The van der Waals surface area contributed by atoms with E-state index in [4.69, 9.17) is 20.6 Å². The molecule has 13 nitrogen and oxygen atoms in total. The van der Waals surface area contributed by atoms with E-state index < -0.39 is 0 Å². The molecule has 7 rings (SSSR count). The molecule has 5 aromatic rings. The van der Waals surface area contributed by atoms with Crippen LogP contribution in [0.2, 0.25) is 0 Å². The summed E-state index contributed by atoms with van der Waals surface area (Å²) in [7, 11) is 2.00. The molecule has 0 aliphatic carbocycles. The highest BCUT2D eigenvalue weighted by atomic mass is 16.5. The molecule has 2 aliphatic heterocycles. The van der Waals surface area contributed by atoms with E-state index in [1.165, 1.54) is 11.9 Å². The van der Waals surface area contributed by atoms with Gasteiger partial charge in [0.05, 0.1) is 36.0 Å². The smallest absolute Gasteiger partial charge is 0.263 e. The van der Waals surface area contributed by atoms with Crippen molar-refractivity contribution in [3.05, 3.63) is 94.0 Å². The van der Waals surface area contributed by atoms with E-state index in [0.717, 1.165) is 12.1 Å². The third kappa shape index (κ3) is 7.18. The molecule has 2 aliphatic rings. The number of carbonyl (C=O) groups excluding carboxylic acids is 1. The SMILES string of the molecule is CC1=CC(Cn2c(Cn3nc(-c4cccc(O)c4)c4c(N)ncnc43)nc3cccc(C#CCCCC(=O)N4CCOCC4)c3c2=O)=CN(C)C1. The number of hydrogen-bond acceptors (Lipinski definition) is 10. The van der Waals surface area contributed by atoms with Crippen LogP contribution in [-0.2, 0) is 22.6 Å². The minimum absolute atomic E-state index is 0.0881. The van der Waals surface area contributed by atoms with Crippen LogP contribution >= 0.6 is 0 Å². The number of allylic oxidation sites excluding steroid dienone is 2. The van der Waals surface area contributed by atoms with Gasteiger partial charge in [0.15, 0.2) is 5.65 Å². The molecule has 3 N–H and O–H groups in total. The van der Waals surface area contributed by atoms with Gasteiger partial charge in [-0.15, -0.1) is 0 Å². The fourth-order valence-corrected chi connectivity index (χ4v) is 6.67. The summed E-state index contributed by atoms with van der Waals surface area (Å²) in [5, 5.41) is 16.0. The number of unbranched alkanes of at least 4 members (excludes halogenated alkanes) is 1. The normalized spacial score (nSPS) is 14.7. The maximum atomic E-state index is 14.6. The maximum Gasteiger partial charge on any atom is 0.263 e. The number of ether oxygens (including phenoxy) is 1. The fraction of sp³-hybridized carbons (Fsp3) is 0.316. The molecule has 2 aromatic carbocycles. The van der Waals surface area contributed by atoms with Crippen molar-refractivity contribution < 1.29 is 14.6 Å². The molecule has 0 saturated carbocycles. The Balaban J connectivity index is 1.27. The second kappa shape index (κ2) is 14.5. The van der Waals surface area contributed by atoms with Crippen LogP contribution in [0.25, 0.3) is 33.2 Å². The van der Waals surface area contributed by atoms with Gasteiger partial charge in [-0.25, -0.2) is 19.6 Å². The number of carbonyl (C=O) groups is 1. The molecule has 0 spiro atoms. The number of hydrogen-bond donors (Lipinski definition) is 2. The first-order valence-corrected chi connectivity index (χ1v) is 17.0. The number of amides is 1. The molecule has 260 valence electrons. The quantitative estimate of drug-likeness (QED) is 0.182. The van der Waals surface area contributed by atoms with Crippen LogP contribution in [0.3, 0.4) is 0 Å². The minimum Gasteiger partial charge on any atom is -0.508 e. The number of likely N-dealkylation sites (N-methyl/N-ethyl adjacent to an activating group) is 1. The van der Waals surface area contributed by atoms with E-state index in [2.05, 4.69) is 39.7 Å². The number of phenolic OH excluding ortho intramolecular Hbond substituents is 1. The van der Waals surface area contributed by atoms with Crippen molar-refractivity contribution in [2.45, 2.75) is 39.3 Å². The lowest BCUT2D eigenvalue weighted by atomic mass is 10.1. The van der Waals surface area contributed by atoms with Gasteiger partial charge in [-0.3, -0.25) is 14.2 Å². The Morgan fingerprint density at radius 1 is 1.08 bits per heavy atom. The third-order valence-electron chi connectivity index (χ3n) is 8.97. The van der Waals surface area contributed by atoms with Gasteiger partial charge >= 0.3 is 0 Å². The van der Waals surface area contributed by atoms with E-state index in [9.17, 15) is 14.7 Å². The summed E-state index contributed by atoms with van der Waals surface area (Å²) in [5.41, 5.74) is 11.0. The van der Waals surface area contributed by atoms with Crippen LogP contribution in [0, 0.1) is 11.8 Å². The summed E-state index contributed by atoms with van der Waals surface area (Å²) < 4.78 is 8.69. The summed E-state index contributed by atoms with van der Waals surface area (Å²) in [5.74, 6) is 7.32. The first-order valence-electron chi connectivity index (χ1n) is 17.0. The molecule has 5 heterocycles. The van der Waals surface area contributed by atoms with E-state index in [-0.39, 0.29) is 36.1 Å². The summed E-state index contributed by atoms with van der Waals surface area (Å²) in [6.45, 7) is 5.66. The number of aromatic hydroxyl groups is 1. The zero-order valence-electron chi connectivity index (χ0n) is 28.7. The molecular formula is C38H39N9O4. The molecule has 13 heteroatoms. The van der Waals surface area contributed by atoms with E-state index in [1.54, 1.807) is 27.4 Å². The van der Waals surface area contributed by atoms with E-state index in [1.807, 2.05) is 42.4 Å². The third-order valence-corrected chi connectivity index (χ3v) is 8.97. The average Bonchev–Trinajstić information content (AvgIpc) is 3.49. The molecule has 0 radical (unpaired) electrons. The molecule has 1 fully saturated rings. The Kier molecular flexibility index (Phi) is 9.50. The number of fused-ring (bicyclic) bond motifs is 2. The molecule has 51 heavy (non-hydrogen) atoms. The second-order valence-electron chi connectivity index (χ2n) is 12.9. The molecule has 1 saturated heterocycles. The maximum absolute atomic E-state index is 14.6. The summed E-state index contributed by atoms with van der Waals surface area (Å²) in [6, 6.07) is 12.2. The lowest BCUT2D eigenvalue weighted by molar-refractivity contribution is -0.135. The van der Waals surface area contributed by atoms with Crippen LogP contribution < -0.4 is 11.3 Å². The van der Waals surface area contributed by atoms with Crippen molar-refractivity contribution in [1.82, 2.24) is 39.1 Å². The van der Waals surface area contributed by atoms with Crippen LogP contribution in [0.15, 0.2) is 77.0 Å². The summed E-state index contributed by atoms with van der Waals surface area (Å²) >= 11 is 0. The van der Waals surface area contributed by atoms with Gasteiger partial charge in [0.25, 0.3) is 5.56 Å². The highest BCUT2D eigenvalue weighted by molar-refractivity contribution is 5.98. The van der Waals surface area contributed by atoms with Crippen LogP contribution in [0.4, 0.5) is 5.82 Å². The van der Waals surface area contributed by atoms with Crippen molar-refractivity contribution in [2.75, 3.05) is 45.6 Å². The highest BCUT2D eigenvalue weighted by Gasteiger charge is 2.22. The van der Waals surface area contributed by atoms with Gasteiger partial charge < -0.3 is 25.4 Å². The first kappa shape index (κ1) is 33.5. The number of morpholine rings is 1. The Morgan fingerprint density at radius 3 is 2.71 bits per heavy atom. The first-order chi connectivity index (χ1) is 24.7. The minimum atomic E-state index is -0.221. The van der Waals surface area contributed by atoms with Gasteiger partial charge in [-0.1, -0.05) is 41.7 Å². The Bertz CT molecular complexity index is 2320. The Hall–Kier alpha value is -6.00. The summed E-state index contributed by atoms with van der Waals surface area (Å²) in [4.78, 5) is 44.8. The number of aromatic nitrogens is 6. The molecule has 1 amide bonds. The average molecular weight is 686 g/mol. The van der Waals surface area contributed by atoms with Gasteiger partial charge in [-0.05, 0) is 43.2 Å². The Labute approximate surface area is 294 Å². The molecule has 0 unspecified atom stereocenters. The van der Waals surface area contributed by atoms with Crippen LogP contribution in [-0.4, -0.2) is 90.0 Å². The van der Waals surface area contributed by atoms with Crippen molar-refractivity contribution in [2.24, 2.45) is 0 Å². The summed E-state index contributed by atoms with van der Waals surface area (Å²) in [6.07, 6.45) is 7.09. The van der Waals surface area contributed by atoms with Gasteiger partial charge in [0, 0.05) is 56.9 Å². The van der Waals surface area contributed by atoms with Crippen molar-refractivity contribution in [1.29, 1.82) is 0 Å². The monoisotopic (exact) mass is 685 g/mol. The zero-order valence-corrected chi connectivity index (χ0v) is 28.7. The number of nitrogen functional groups attached to an aromatic ring is 1. The topological polar surface area (TPSA) is 158 Å². The van der Waals surface area contributed by atoms with Crippen molar-refractivity contribution in [3.63, 3.8) is 0 Å². The van der Waals surface area contributed by atoms with Gasteiger partial charge in [0.2, 0.25) is 5.91 Å². The number of benzene rings is 2. The number of anilines is 1. The van der Waals surface area contributed by atoms with Crippen molar-refractivity contribution in [3.8, 4) is 28.8 Å². The Morgan fingerprint density at radius 2 is 1.90 bits per heavy atom. The lowest BCUT2D eigenvalue weighted by Gasteiger charge is -2.26. The molecular weight excluding hydrogens is 646 g/mol. The predicted octanol–water partition coefficient (Wildman–Crippen LogP) is 3.70. The van der Waals surface area contributed by atoms with E-state index >= 15 is 0 Å². The zero-order chi connectivity index (χ0) is 35.5. The predicted molar refractivity (Wildman–Crippen MR) is 195 cm³/mol. The van der Waals surface area contributed by atoms with Gasteiger partial charge in [-0.2, -0.15) is 5.10 Å². The molecule has 3 aromatic heterocycles. The number of phenols is 1. The molecule has 0 bridgehead atoms. The number of nitrogens with two attached hydrogens (primary N) is 1. The van der Waals surface area contributed by atoms with Crippen molar-refractivity contribution >= 4 is 33.7 Å². The van der Waals surface area contributed by atoms with Gasteiger partial charge in [0.1, 0.15) is 36.0 Å². The highest BCUT2D eigenvalue weighted by Crippen LogP contribution is 2.32. The lowest BCUT2D eigenvalue weighted by Crippen LogP contribution is -2.40. The van der Waals surface area contributed by atoms with Crippen LogP contribution in [0.5, 0.6) is 5.75 Å². The largest absolute Gasteiger partial charge is 0.508 e. The fourth-order valence-electron chi connectivity index (χ4n) is 6.67. The second-order valence-corrected chi connectivity index (χ2v) is 12.9. The van der Waals surface area contributed by atoms with E-state index in [0.29, 0.717) is 90.1 Å².